The summed E-state index contributed by atoms with van der Waals surface area (Å²) in [6.45, 7) is 14.6. The molecule has 0 spiro atoms. The van der Waals surface area contributed by atoms with E-state index in [0.29, 0.717) is 12.8 Å². The highest BCUT2D eigenvalue weighted by molar-refractivity contribution is 7.92. The molecule has 5 atom stereocenters. The Morgan fingerprint density at radius 3 is 2.09 bits per heavy atom. The fourth-order valence-electron chi connectivity index (χ4n) is 7.08. The van der Waals surface area contributed by atoms with E-state index in [1.54, 1.807) is 41.5 Å². The van der Waals surface area contributed by atoms with Gasteiger partial charge in [-0.1, -0.05) is 53.9 Å². The summed E-state index contributed by atoms with van der Waals surface area (Å²) >= 11 is 0. The minimum Gasteiger partial charge on any atom is -0.363 e. The number of hydrogen-bond acceptors (Lipinski definition) is 7. The number of rotatable bonds is 11. The minimum absolute atomic E-state index is 0.0151. The number of Topliss-reactive ketones (excluding diaryl/α,β-unsaturated/α-hetero) is 1. The number of likely N-dealkylation sites (tertiary alicyclic amines) is 1. The van der Waals surface area contributed by atoms with E-state index in [-0.39, 0.29) is 42.4 Å². The lowest BCUT2D eigenvalue weighted by Crippen LogP contribution is -2.64. The second-order valence-electron chi connectivity index (χ2n) is 16.0. The maximum absolute atomic E-state index is 14.3. The molecule has 13 heteroatoms. The van der Waals surface area contributed by atoms with Gasteiger partial charge in [-0.15, -0.1) is 12.3 Å². The van der Waals surface area contributed by atoms with Crippen molar-refractivity contribution < 1.29 is 32.4 Å². The number of nitrogens with two attached hydrogens (primary N) is 1. The normalized spacial score (nSPS) is 24.8. The van der Waals surface area contributed by atoms with E-state index >= 15 is 0 Å². The Morgan fingerprint density at radius 1 is 1.00 bits per heavy atom. The minimum atomic E-state index is -3.57. The van der Waals surface area contributed by atoms with Gasteiger partial charge in [0.2, 0.25) is 17.6 Å². The molecular weight excluding hydrogens is 610 g/mol. The van der Waals surface area contributed by atoms with Crippen LogP contribution in [0, 0.1) is 35.0 Å². The molecule has 2 saturated carbocycles. The topological polar surface area (TPSA) is 185 Å². The zero-order valence-corrected chi connectivity index (χ0v) is 29.4. The number of terminal acetylenes is 1. The van der Waals surface area contributed by atoms with Gasteiger partial charge in [0.15, 0.2) is 9.84 Å². The molecule has 46 heavy (non-hydrogen) atoms. The number of amides is 5. The smallest absolute Gasteiger partial charge is 0.315 e. The van der Waals surface area contributed by atoms with Gasteiger partial charge in [-0.3, -0.25) is 19.2 Å². The summed E-state index contributed by atoms with van der Waals surface area (Å²) in [6.07, 6.45) is 8.97. The molecule has 0 bridgehead atoms. The number of carbonyl (C=O) groups excluding carboxylic acids is 5. The Balaban J connectivity index is 1.87. The third kappa shape index (κ3) is 7.86. The molecule has 3 fully saturated rings. The number of carbonyl (C=O) groups is 5. The van der Waals surface area contributed by atoms with Gasteiger partial charge in [0.1, 0.15) is 12.1 Å². The molecule has 3 rings (SSSR count). The average Bonchev–Trinajstić information content (AvgIpc) is 3.24. The lowest BCUT2D eigenvalue weighted by atomic mass is 9.83. The van der Waals surface area contributed by atoms with Crippen molar-refractivity contribution in [3.63, 3.8) is 0 Å². The van der Waals surface area contributed by atoms with Gasteiger partial charge in [0.25, 0.3) is 5.91 Å². The summed E-state index contributed by atoms with van der Waals surface area (Å²) in [5.41, 5.74) is 3.22. The van der Waals surface area contributed by atoms with Crippen molar-refractivity contribution in [2.75, 3.05) is 12.3 Å². The number of nitrogens with one attached hydrogen (secondary N) is 3. The number of ketones is 1. The molecule has 2 unspecified atom stereocenters. The van der Waals surface area contributed by atoms with E-state index in [9.17, 15) is 32.4 Å². The molecule has 0 aromatic rings. The van der Waals surface area contributed by atoms with Gasteiger partial charge >= 0.3 is 6.03 Å². The van der Waals surface area contributed by atoms with Crippen LogP contribution in [0.15, 0.2) is 0 Å². The van der Waals surface area contributed by atoms with E-state index in [4.69, 9.17) is 12.2 Å². The lowest BCUT2D eigenvalue weighted by Gasteiger charge is -2.41. The maximum atomic E-state index is 14.3. The van der Waals surface area contributed by atoms with E-state index in [1.165, 1.54) is 4.90 Å². The van der Waals surface area contributed by atoms with Crippen LogP contribution < -0.4 is 21.7 Å². The Kier molecular flexibility index (Phi) is 10.7. The number of piperidine rings is 1. The highest BCUT2D eigenvalue weighted by atomic mass is 32.2. The molecule has 12 nitrogen and oxygen atoms in total. The molecule has 2 aliphatic carbocycles. The Labute approximate surface area is 274 Å². The molecule has 0 aromatic heterocycles. The number of fused-ring (bicyclic) bond motifs is 1. The van der Waals surface area contributed by atoms with Crippen LogP contribution in [0.1, 0.15) is 100 Å². The van der Waals surface area contributed by atoms with Crippen molar-refractivity contribution in [1.29, 1.82) is 0 Å². The van der Waals surface area contributed by atoms with Gasteiger partial charge in [-0.2, -0.15) is 0 Å². The fourth-order valence-corrected chi connectivity index (χ4v) is 8.60. The van der Waals surface area contributed by atoms with Gasteiger partial charge in [-0.25, -0.2) is 13.2 Å². The molecule has 0 aromatic carbocycles. The predicted octanol–water partition coefficient (Wildman–Crippen LogP) is 2.05. The van der Waals surface area contributed by atoms with Gasteiger partial charge in [-0.05, 0) is 62.7 Å². The van der Waals surface area contributed by atoms with E-state index in [2.05, 4.69) is 21.9 Å². The fraction of sp³-hybridized carbons (Fsp3) is 0.788. The summed E-state index contributed by atoms with van der Waals surface area (Å²) in [4.78, 5) is 67.3. The van der Waals surface area contributed by atoms with Gasteiger partial charge < -0.3 is 26.6 Å². The molecule has 3 aliphatic rings. The highest BCUT2D eigenvalue weighted by Gasteiger charge is 2.70. The zero-order valence-electron chi connectivity index (χ0n) is 28.6. The summed E-state index contributed by atoms with van der Waals surface area (Å²) in [5.74, 6) is -1.21. The predicted molar refractivity (Wildman–Crippen MR) is 175 cm³/mol. The van der Waals surface area contributed by atoms with E-state index in [0.717, 1.165) is 19.3 Å². The molecule has 1 saturated heterocycles. The van der Waals surface area contributed by atoms with Crippen LogP contribution in [0.25, 0.3) is 0 Å². The zero-order chi connectivity index (χ0) is 35.0. The van der Waals surface area contributed by atoms with Crippen molar-refractivity contribution in [2.45, 2.75) is 129 Å². The number of nitrogens with zero attached hydrogens (tertiary/aromatic N) is 1. The molecular formula is C33H53N5O7S. The monoisotopic (exact) mass is 663 g/mol. The van der Waals surface area contributed by atoms with Gasteiger partial charge in [0.05, 0.1) is 22.1 Å². The number of urea groups is 1. The second kappa shape index (κ2) is 13.2. The Morgan fingerprint density at radius 2 is 1.59 bits per heavy atom. The van der Waals surface area contributed by atoms with Crippen LogP contribution in [0.5, 0.6) is 0 Å². The lowest BCUT2D eigenvalue weighted by molar-refractivity contribution is -0.145. The van der Waals surface area contributed by atoms with Crippen LogP contribution in [0.4, 0.5) is 4.79 Å². The van der Waals surface area contributed by atoms with Crippen LogP contribution >= 0.6 is 0 Å². The van der Waals surface area contributed by atoms with Crippen LogP contribution in [0.2, 0.25) is 0 Å². The largest absolute Gasteiger partial charge is 0.363 e. The highest BCUT2D eigenvalue weighted by Crippen LogP contribution is 2.65. The van der Waals surface area contributed by atoms with Crippen molar-refractivity contribution in [2.24, 2.45) is 28.4 Å². The summed E-state index contributed by atoms with van der Waals surface area (Å²) < 4.78 is 25.5. The molecule has 258 valence electrons. The van der Waals surface area contributed by atoms with Crippen molar-refractivity contribution in [3.05, 3.63) is 0 Å². The molecule has 0 radical (unpaired) electrons. The first kappa shape index (κ1) is 37.3. The first-order valence-electron chi connectivity index (χ1n) is 16.2. The first-order chi connectivity index (χ1) is 21.0. The molecule has 1 aliphatic heterocycles. The van der Waals surface area contributed by atoms with Crippen molar-refractivity contribution >= 4 is 39.4 Å². The summed E-state index contributed by atoms with van der Waals surface area (Å²) in [7, 11) is -3.57. The number of hydrogen-bond donors (Lipinski definition) is 4. The number of primary amides is 1. The molecule has 1 heterocycles. The van der Waals surface area contributed by atoms with Crippen LogP contribution in [0.3, 0.4) is 0 Å². The maximum Gasteiger partial charge on any atom is 0.315 e. The third-order valence-electron chi connectivity index (χ3n) is 10.2. The SMILES string of the molecule is C#CCCC(NC(=O)[C@@H]1C2[C@H](CN1C(=O)[C@@H](NC(=O)NC1(CS(=O)(=O)C(C)(C)C)CCCCC1)C(C)(C)C)C2(C)C)C(=O)C(N)=O. The summed E-state index contributed by atoms with van der Waals surface area (Å²) in [5, 5.41) is 8.43. The van der Waals surface area contributed by atoms with Crippen LogP contribution in [-0.2, 0) is 29.0 Å². The Bertz CT molecular complexity index is 1380. The van der Waals surface area contributed by atoms with Crippen molar-refractivity contribution in [1.82, 2.24) is 20.9 Å². The molecule has 5 N–H and O–H groups in total. The molecule has 5 amide bonds. The van der Waals surface area contributed by atoms with Crippen LogP contribution in [-0.4, -0.2) is 83.6 Å². The van der Waals surface area contributed by atoms with E-state index < -0.39 is 73.2 Å². The van der Waals surface area contributed by atoms with E-state index in [1.807, 2.05) is 13.8 Å². The standard InChI is InChI=1S/C33H53N5O7S/c1-10-11-15-21(24(39)26(34)40)35-27(41)23-22-20(32(22,8)9)18-38(23)28(42)25(30(2,3)4)36-29(43)37-33(16-13-12-14-17-33)19-46(44,45)31(5,6)7/h1,20-23,25H,11-19H2,2-9H3,(H2,34,40)(H,35,41)(H2,36,37,43)/t20-,21?,22?,23-,25+/m0/s1. The average molecular weight is 664 g/mol. The van der Waals surface area contributed by atoms with Gasteiger partial charge in [0, 0.05) is 13.0 Å². The first-order valence-corrected chi connectivity index (χ1v) is 17.8. The number of sulfone groups is 1. The second-order valence-corrected chi connectivity index (χ2v) is 18.8. The summed E-state index contributed by atoms with van der Waals surface area (Å²) in [6, 6.07) is -3.88. The Hall–Kier alpha value is -3.14. The van der Waals surface area contributed by atoms with Crippen molar-refractivity contribution in [3.8, 4) is 12.3 Å². The third-order valence-corrected chi connectivity index (χ3v) is 13.0. The quantitative estimate of drug-likeness (QED) is 0.193.